The summed E-state index contributed by atoms with van der Waals surface area (Å²) in [5, 5.41) is 6.43. The summed E-state index contributed by atoms with van der Waals surface area (Å²) in [6, 6.07) is 4.98. The summed E-state index contributed by atoms with van der Waals surface area (Å²) in [5.74, 6) is -0.786. The normalized spacial score (nSPS) is 17.9. The Labute approximate surface area is 168 Å². The summed E-state index contributed by atoms with van der Waals surface area (Å²) in [7, 11) is 0. The van der Waals surface area contributed by atoms with Crippen molar-refractivity contribution in [2.75, 3.05) is 11.9 Å². The quantitative estimate of drug-likeness (QED) is 0.719. The molecule has 0 radical (unpaired) electrons. The lowest BCUT2D eigenvalue weighted by atomic mass is 10.2. The van der Waals surface area contributed by atoms with Gasteiger partial charge in [-0.3, -0.25) is 14.5 Å². The lowest BCUT2D eigenvalue weighted by Crippen LogP contribution is -2.49. The van der Waals surface area contributed by atoms with E-state index in [2.05, 4.69) is 10.6 Å². The van der Waals surface area contributed by atoms with Gasteiger partial charge < -0.3 is 10.6 Å². The maximum Gasteiger partial charge on any atom is 0.329 e. The van der Waals surface area contributed by atoms with Gasteiger partial charge in [0.05, 0.1) is 0 Å². The van der Waals surface area contributed by atoms with Crippen LogP contribution in [0.1, 0.15) is 26.7 Å². The van der Waals surface area contributed by atoms with Crippen LogP contribution in [0.2, 0.25) is 5.02 Å². The van der Waals surface area contributed by atoms with Crippen molar-refractivity contribution in [3.8, 4) is 0 Å². The van der Waals surface area contributed by atoms with E-state index in [1.165, 1.54) is 0 Å². The zero-order chi connectivity index (χ0) is 20.0. The molecule has 1 heterocycles. The molecule has 4 amide bonds. The van der Waals surface area contributed by atoms with Crippen molar-refractivity contribution in [1.29, 1.82) is 0 Å². The van der Waals surface area contributed by atoms with Crippen LogP contribution in [-0.2, 0) is 9.59 Å². The minimum atomic E-state index is -0.854. The molecule has 27 heavy (non-hydrogen) atoms. The molecule has 1 aliphatic heterocycles. The summed E-state index contributed by atoms with van der Waals surface area (Å²) in [4.78, 5) is 38.2. The van der Waals surface area contributed by atoms with Crippen LogP contribution < -0.4 is 10.6 Å². The van der Waals surface area contributed by atoms with E-state index in [-0.39, 0.29) is 25.3 Å². The van der Waals surface area contributed by atoms with Crippen molar-refractivity contribution in [2.45, 2.75) is 32.7 Å². The minimum absolute atomic E-state index is 0.137. The van der Waals surface area contributed by atoms with E-state index in [0.29, 0.717) is 15.7 Å². The van der Waals surface area contributed by atoms with Crippen LogP contribution in [0.4, 0.5) is 10.5 Å². The van der Waals surface area contributed by atoms with Crippen LogP contribution in [0.3, 0.4) is 0 Å². The zero-order valence-electron chi connectivity index (χ0n) is 15.1. The zero-order valence-corrected chi connectivity index (χ0v) is 16.6. The van der Waals surface area contributed by atoms with Crippen LogP contribution in [0.15, 0.2) is 47.0 Å². The van der Waals surface area contributed by atoms with E-state index in [1.807, 2.05) is 6.92 Å². The lowest BCUT2D eigenvalue weighted by molar-refractivity contribution is -0.132. The number of halogens is 2. The number of hydrogen-bond donors (Lipinski definition) is 2. The number of nitrogens with zero attached hydrogens (tertiary/aromatic N) is 1. The molecule has 1 saturated heterocycles. The molecule has 1 aromatic rings. The number of imide groups is 1. The number of carbonyl (C=O) groups excluding carboxylic acids is 3. The third-order valence-corrected chi connectivity index (χ3v) is 4.90. The number of anilines is 1. The molecule has 1 atom stereocenters. The van der Waals surface area contributed by atoms with Gasteiger partial charge in [0.2, 0.25) is 11.8 Å². The average Bonchev–Trinajstić information content (AvgIpc) is 3.05. The predicted molar refractivity (Wildman–Crippen MR) is 107 cm³/mol. The molecule has 0 aliphatic carbocycles. The van der Waals surface area contributed by atoms with E-state index in [9.17, 15) is 14.4 Å². The third kappa shape index (κ3) is 5.34. The van der Waals surface area contributed by atoms with Gasteiger partial charge in [-0.15, -0.1) is 0 Å². The molecule has 144 valence electrons. The maximum atomic E-state index is 12.5. The van der Waals surface area contributed by atoms with Crippen molar-refractivity contribution in [1.82, 2.24) is 10.2 Å². The van der Waals surface area contributed by atoms with Gasteiger partial charge in [0.25, 0.3) is 0 Å². The number of amides is 4. The van der Waals surface area contributed by atoms with Gasteiger partial charge in [0.15, 0.2) is 0 Å². The Morgan fingerprint density at radius 2 is 1.89 bits per heavy atom. The minimum Gasteiger partial charge on any atom is -0.350 e. The topological polar surface area (TPSA) is 78.5 Å². The number of urea groups is 1. The first kappa shape index (κ1) is 21.0. The predicted octanol–water partition coefficient (Wildman–Crippen LogP) is 4.07. The van der Waals surface area contributed by atoms with Crippen molar-refractivity contribution in [3.63, 3.8) is 0 Å². The molecule has 0 saturated carbocycles. The molecule has 1 fully saturated rings. The highest BCUT2D eigenvalue weighted by atomic mass is 35.5. The lowest BCUT2D eigenvalue weighted by Gasteiger charge is -2.23. The van der Waals surface area contributed by atoms with Crippen LogP contribution in [0, 0.1) is 0 Å². The van der Waals surface area contributed by atoms with Crippen molar-refractivity contribution >= 4 is 46.7 Å². The number of rotatable bonds is 5. The fraction of sp³-hybridized carbons (Fsp3) is 0.316. The average molecular weight is 410 g/mol. The summed E-state index contributed by atoms with van der Waals surface area (Å²) >= 11 is 11.9. The standard InChI is InChI=1S/C19H21Cl2N3O3/c1-3-12(15(21)4-2)11-22-18(26)16-9-10-17(25)24(16)19(27)23-14-7-5-13(20)6-8-14/h3-8,16H,9-11H2,1-2H3,(H,22,26)(H,23,27)/b12-3-,15-4+. The van der Waals surface area contributed by atoms with Crippen LogP contribution in [-0.4, -0.2) is 35.3 Å². The van der Waals surface area contributed by atoms with Crippen molar-refractivity contribution < 1.29 is 14.4 Å². The molecular weight excluding hydrogens is 389 g/mol. The summed E-state index contributed by atoms with van der Waals surface area (Å²) in [6.45, 7) is 3.83. The molecule has 1 aliphatic rings. The second-order valence-corrected chi connectivity index (χ2v) is 6.77. The largest absolute Gasteiger partial charge is 0.350 e. The van der Waals surface area contributed by atoms with Crippen LogP contribution in [0.25, 0.3) is 0 Å². The first-order valence-corrected chi connectivity index (χ1v) is 9.26. The fourth-order valence-corrected chi connectivity index (χ4v) is 3.02. The van der Waals surface area contributed by atoms with E-state index in [4.69, 9.17) is 23.2 Å². The number of nitrogens with one attached hydrogen (secondary N) is 2. The molecule has 2 N–H and O–H groups in total. The third-order valence-electron chi connectivity index (χ3n) is 4.19. The Balaban J connectivity index is 2.04. The summed E-state index contributed by atoms with van der Waals surface area (Å²) in [6.07, 6.45) is 3.95. The summed E-state index contributed by atoms with van der Waals surface area (Å²) in [5.41, 5.74) is 1.24. The van der Waals surface area contributed by atoms with Crippen LogP contribution in [0.5, 0.6) is 0 Å². The van der Waals surface area contributed by atoms with Gasteiger partial charge in [-0.05, 0) is 50.1 Å². The molecule has 0 aromatic heterocycles. The number of hydrogen-bond acceptors (Lipinski definition) is 3. The molecule has 1 unspecified atom stereocenters. The van der Waals surface area contributed by atoms with Crippen molar-refractivity contribution in [2.24, 2.45) is 0 Å². The Kier molecular flexibility index (Phi) is 7.45. The first-order chi connectivity index (χ1) is 12.9. The maximum absolute atomic E-state index is 12.5. The van der Waals surface area contributed by atoms with Gasteiger partial charge in [-0.1, -0.05) is 35.4 Å². The van der Waals surface area contributed by atoms with Crippen molar-refractivity contribution in [3.05, 3.63) is 52.0 Å². The van der Waals surface area contributed by atoms with Gasteiger partial charge in [-0.2, -0.15) is 0 Å². The Bertz CT molecular complexity index is 788. The molecular formula is C19H21Cl2N3O3. The second-order valence-electron chi connectivity index (χ2n) is 5.92. The van der Waals surface area contributed by atoms with Gasteiger partial charge in [0, 0.05) is 28.7 Å². The number of carbonyl (C=O) groups is 3. The first-order valence-electron chi connectivity index (χ1n) is 8.51. The number of benzene rings is 1. The smallest absolute Gasteiger partial charge is 0.329 e. The summed E-state index contributed by atoms with van der Waals surface area (Å²) < 4.78 is 0. The number of allylic oxidation sites excluding steroid dienone is 2. The molecule has 0 bridgehead atoms. The molecule has 6 nitrogen and oxygen atoms in total. The van der Waals surface area contributed by atoms with E-state index < -0.39 is 18.0 Å². The monoisotopic (exact) mass is 409 g/mol. The molecule has 2 rings (SSSR count). The van der Waals surface area contributed by atoms with Crippen LogP contribution >= 0.6 is 23.2 Å². The Hall–Kier alpha value is -2.31. The van der Waals surface area contributed by atoms with Gasteiger partial charge >= 0.3 is 6.03 Å². The Morgan fingerprint density at radius 1 is 1.22 bits per heavy atom. The van der Waals surface area contributed by atoms with Gasteiger partial charge in [-0.25, -0.2) is 4.79 Å². The highest BCUT2D eigenvalue weighted by molar-refractivity contribution is 6.32. The second kappa shape index (κ2) is 9.58. The number of likely N-dealkylation sites (tertiary alicyclic amines) is 1. The SMILES string of the molecule is C/C=C(CNC(=O)C1CCC(=O)N1C(=O)Nc1ccc(Cl)cc1)\C(Cl)=C/C. The van der Waals surface area contributed by atoms with E-state index in [0.717, 1.165) is 10.5 Å². The van der Waals surface area contributed by atoms with Gasteiger partial charge in [0.1, 0.15) is 6.04 Å². The van der Waals surface area contributed by atoms with E-state index >= 15 is 0 Å². The Morgan fingerprint density at radius 3 is 2.48 bits per heavy atom. The van der Waals surface area contributed by atoms with E-state index in [1.54, 1.807) is 43.3 Å². The highest BCUT2D eigenvalue weighted by Gasteiger charge is 2.40. The molecule has 0 spiro atoms. The highest BCUT2D eigenvalue weighted by Crippen LogP contribution is 2.22. The molecule has 1 aromatic carbocycles. The fourth-order valence-electron chi connectivity index (χ4n) is 2.71. The molecule has 8 heteroatoms.